The first kappa shape index (κ1) is 26.8. The van der Waals surface area contributed by atoms with Gasteiger partial charge in [0.1, 0.15) is 36.4 Å². The van der Waals surface area contributed by atoms with Crippen LogP contribution in [0.3, 0.4) is 0 Å². The zero-order chi connectivity index (χ0) is 27.8. The molecule has 0 bridgehead atoms. The maximum atomic E-state index is 15.3. The first-order valence-electron chi connectivity index (χ1n) is 13.0. The number of hydrogen-bond acceptors (Lipinski definition) is 5. The van der Waals surface area contributed by atoms with E-state index in [-0.39, 0.29) is 36.7 Å². The van der Waals surface area contributed by atoms with E-state index in [0.717, 1.165) is 17.7 Å². The van der Waals surface area contributed by atoms with Crippen LogP contribution in [0, 0.1) is 18.7 Å². The van der Waals surface area contributed by atoms with Gasteiger partial charge in [-0.2, -0.15) is 0 Å². The molecule has 0 radical (unpaired) electrons. The zero-order valence-corrected chi connectivity index (χ0v) is 21.8. The molecule has 10 heteroatoms. The molecule has 206 valence electrons. The first-order chi connectivity index (χ1) is 18.6. The molecule has 2 fully saturated rings. The van der Waals surface area contributed by atoms with Gasteiger partial charge in [0, 0.05) is 35.3 Å². The van der Waals surface area contributed by atoms with Crippen LogP contribution in [0.2, 0.25) is 0 Å². The van der Waals surface area contributed by atoms with Gasteiger partial charge in [0.15, 0.2) is 5.78 Å². The lowest BCUT2D eigenvalue weighted by Crippen LogP contribution is -2.51. The van der Waals surface area contributed by atoms with Crippen molar-refractivity contribution in [2.75, 3.05) is 13.2 Å². The van der Waals surface area contributed by atoms with Gasteiger partial charge in [-0.15, -0.1) is 0 Å². The molecule has 1 aliphatic carbocycles. The lowest BCUT2D eigenvalue weighted by molar-refractivity contribution is -0.142. The Hall–Kier alpha value is -3.79. The number of aryl methyl sites for hydroxylation is 1. The summed E-state index contributed by atoms with van der Waals surface area (Å²) in [4.78, 5) is 40.3. The minimum absolute atomic E-state index is 0.0384. The Kier molecular flexibility index (Phi) is 7.40. The number of likely N-dealkylation sites (tertiary alicyclic amines) is 1. The van der Waals surface area contributed by atoms with Crippen LogP contribution in [0.15, 0.2) is 42.6 Å². The summed E-state index contributed by atoms with van der Waals surface area (Å²) in [5, 5.41) is 13.2. The monoisotopic (exact) mass is 539 g/mol. The Morgan fingerprint density at radius 1 is 1.18 bits per heavy atom. The number of benzene rings is 2. The van der Waals surface area contributed by atoms with Gasteiger partial charge in [-0.3, -0.25) is 14.4 Å². The molecular weight excluding hydrogens is 508 g/mol. The highest BCUT2D eigenvalue weighted by Gasteiger charge is 2.49. The number of halogens is 2. The van der Waals surface area contributed by atoms with Gasteiger partial charge >= 0.3 is 0 Å². The number of nitrogens with zero attached hydrogens (tertiary/aromatic N) is 2. The average Bonchev–Trinajstić information content (AvgIpc) is 3.58. The Bertz CT molecular complexity index is 1430. The first-order valence-corrected chi connectivity index (χ1v) is 13.0. The van der Waals surface area contributed by atoms with Crippen molar-refractivity contribution < 1.29 is 33.0 Å². The van der Waals surface area contributed by atoms with Crippen molar-refractivity contribution in [2.24, 2.45) is 5.92 Å². The summed E-state index contributed by atoms with van der Waals surface area (Å²) < 4.78 is 37.1. The zero-order valence-electron chi connectivity index (χ0n) is 21.8. The van der Waals surface area contributed by atoms with Crippen LogP contribution in [0.4, 0.5) is 8.78 Å². The minimum Gasteiger partial charge on any atom is -0.508 e. The predicted molar refractivity (Wildman–Crippen MR) is 139 cm³/mol. The number of phenolic OH excluding ortho intramolecular Hbond substituents is 1. The van der Waals surface area contributed by atoms with E-state index in [0.29, 0.717) is 34.6 Å². The second-order valence-electron chi connectivity index (χ2n) is 10.4. The molecular formula is C29H31F2N3O5. The fourth-order valence-electron chi connectivity index (χ4n) is 5.12. The van der Waals surface area contributed by atoms with Crippen LogP contribution in [0.25, 0.3) is 10.9 Å². The van der Waals surface area contributed by atoms with E-state index in [1.165, 1.54) is 29.8 Å². The molecule has 2 aliphatic rings. The van der Waals surface area contributed by atoms with Crippen molar-refractivity contribution in [1.82, 2.24) is 14.8 Å². The maximum absolute atomic E-state index is 15.3. The number of ether oxygens (including phenoxy) is 1. The second kappa shape index (κ2) is 10.8. The second-order valence-corrected chi connectivity index (χ2v) is 10.4. The van der Waals surface area contributed by atoms with E-state index in [1.54, 1.807) is 31.2 Å². The topological polar surface area (TPSA) is 101 Å². The van der Waals surface area contributed by atoms with E-state index in [9.17, 15) is 23.9 Å². The number of phenols is 1. The van der Waals surface area contributed by atoms with Crippen LogP contribution >= 0.6 is 0 Å². The Morgan fingerprint density at radius 2 is 1.95 bits per heavy atom. The van der Waals surface area contributed by atoms with Crippen LogP contribution < -0.4 is 5.32 Å². The number of alkyl halides is 1. The number of rotatable bonds is 9. The molecule has 2 N–H and O–H groups in total. The Morgan fingerprint density at radius 3 is 2.67 bits per heavy atom. The van der Waals surface area contributed by atoms with Crippen molar-refractivity contribution in [1.29, 1.82) is 0 Å². The van der Waals surface area contributed by atoms with Crippen LogP contribution in [0.1, 0.15) is 41.3 Å². The van der Waals surface area contributed by atoms with Gasteiger partial charge in [-0.25, -0.2) is 8.78 Å². The van der Waals surface area contributed by atoms with E-state index < -0.39 is 35.9 Å². The molecule has 1 saturated heterocycles. The molecule has 2 heterocycles. The highest BCUT2D eigenvalue weighted by molar-refractivity contribution is 6.07. The molecule has 3 atom stereocenters. The SMILES string of the molecule is CC(=O)c1cn(CC(=O)N2CC(F)[C@@H](OCC3CC3)[C@H]2C(=O)NCc2cccc(C)c2F)c2cc(O)ccc12. The summed E-state index contributed by atoms with van der Waals surface area (Å²) in [6.07, 6.45) is 0.723. The van der Waals surface area contributed by atoms with E-state index >= 15 is 4.39 Å². The van der Waals surface area contributed by atoms with E-state index in [2.05, 4.69) is 5.32 Å². The summed E-state index contributed by atoms with van der Waals surface area (Å²) in [6.45, 7) is 2.57. The van der Waals surface area contributed by atoms with E-state index in [4.69, 9.17) is 4.74 Å². The largest absolute Gasteiger partial charge is 0.508 e. The Balaban J connectivity index is 1.39. The summed E-state index contributed by atoms with van der Waals surface area (Å²) >= 11 is 0. The van der Waals surface area contributed by atoms with Gasteiger partial charge in [-0.1, -0.05) is 18.2 Å². The summed E-state index contributed by atoms with van der Waals surface area (Å²) in [5.74, 6) is -1.56. The number of nitrogens with one attached hydrogen (secondary N) is 1. The Labute approximate surface area is 224 Å². The quantitative estimate of drug-likeness (QED) is 0.405. The van der Waals surface area contributed by atoms with E-state index in [1.807, 2.05) is 0 Å². The number of carbonyl (C=O) groups is 3. The number of ketones is 1. The fraction of sp³-hybridized carbons (Fsp3) is 0.414. The molecule has 0 spiro atoms. The highest BCUT2D eigenvalue weighted by atomic mass is 19.1. The lowest BCUT2D eigenvalue weighted by Gasteiger charge is -2.27. The third kappa shape index (κ3) is 5.52. The number of Topliss-reactive ketones (excluding diaryl/α,β-unsaturated/α-hetero) is 1. The number of hydrogen-bond donors (Lipinski definition) is 2. The predicted octanol–water partition coefficient (Wildman–Crippen LogP) is 3.66. The number of fused-ring (bicyclic) bond motifs is 1. The van der Waals surface area contributed by atoms with Gasteiger partial charge in [0.2, 0.25) is 11.8 Å². The third-order valence-corrected chi connectivity index (χ3v) is 7.46. The van der Waals surface area contributed by atoms with Crippen molar-refractivity contribution >= 4 is 28.5 Å². The van der Waals surface area contributed by atoms with Crippen molar-refractivity contribution in [3.05, 3.63) is 65.1 Å². The number of aromatic hydroxyl groups is 1. The van der Waals surface area contributed by atoms with Gasteiger partial charge in [-0.05, 0) is 50.3 Å². The fourth-order valence-corrected chi connectivity index (χ4v) is 5.12. The van der Waals surface area contributed by atoms with Gasteiger partial charge in [0.05, 0.1) is 18.7 Å². The molecule has 8 nitrogen and oxygen atoms in total. The minimum atomic E-state index is -1.59. The summed E-state index contributed by atoms with van der Waals surface area (Å²) in [6, 6.07) is 8.10. The smallest absolute Gasteiger partial charge is 0.245 e. The molecule has 5 rings (SSSR count). The molecule has 39 heavy (non-hydrogen) atoms. The van der Waals surface area contributed by atoms with Crippen LogP contribution in [-0.4, -0.2) is 63.6 Å². The molecule has 1 aromatic heterocycles. The summed E-state index contributed by atoms with van der Waals surface area (Å²) in [5.41, 5.74) is 1.55. The molecule has 1 unspecified atom stereocenters. The van der Waals surface area contributed by atoms with Gasteiger partial charge in [0.25, 0.3) is 0 Å². The lowest BCUT2D eigenvalue weighted by atomic mass is 10.1. The molecule has 3 aromatic rings. The van der Waals surface area contributed by atoms with Crippen molar-refractivity contribution in [2.45, 2.75) is 58.1 Å². The van der Waals surface area contributed by atoms with Crippen LogP contribution in [-0.2, 0) is 27.4 Å². The van der Waals surface area contributed by atoms with Gasteiger partial charge < -0.3 is 24.6 Å². The van der Waals surface area contributed by atoms with Crippen LogP contribution in [0.5, 0.6) is 5.75 Å². The third-order valence-electron chi connectivity index (χ3n) is 7.46. The molecule has 2 aromatic carbocycles. The standard InChI is InChI=1S/C29H31F2N3O5/c1-16-4-3-5-19(26(16)31)11-32-29(38)27-28(39-15-18-6-7-18)23(30)13-34(27)25(37)14-33-12-22(17(2)35)21-9-8-20(36)10-24(21)33/h3-5,8-10,12,18,23,27-28,36H,6-7,11,13-15H2,1-2H3,(H,32,38)/t23?,27-,28+/m0/s1. The number of aromatic nitrogens is 1. The summed E-state index contributed by atoms with van der Waals surface area (Å²) in [7, 11) is 0. The van der Waals surface area contributed by atoms with Crippen molar-refractivity contribution in [3.8, 4) is 5.75 Å². The molecule has 2 amide bonds. The highest BCUT2D eigenvalue weighted by Crippen LogP contribution is 2.33. The average molecular weight is 540 g/mol. The molecule has 1 saturated carbocycles. The van der Waals surface area contributed by atoms with Crippen molar-refractivity contribution in [3.63, 3.8) is 0 Å². The normalized spacial score (nSPS) is 20.9. The maximum Gasteiger partial charge on any atom is 0.245 e. The number of amides is 2. The molecule has 1 aliphatic heterocycles. The number of carbonyl (C=O) groups excluding carboxylic acids is 3.